The minimum Gasteiger partial charge on any atom is -0.422 e. The van der Waals surface area contributed by atoms with Crippen molar-refractivity contribution in [3.8, 4) is 0 Å². The van der Waals surface area contributed by atoms with Gasteiger partial charge in [0.2, 0.25) is 0 Å². The number of amides is 1. The van der Waals surface area contributed by atoms with Gasteiger partial charge in [0.05, 0.1) is 11.3 Å². The molecular formula is C18H12Cl2N2O3. The number of halogens is 2. The maximum Gasteiger partial charge on any atom is 0.345 e. The third-order valence-electron chi connectivity index (χ3n) is 3.52. The second-order valence-electron chi connectivity index (χ2n) is 5.27. The van der Waals surface area contributed by atoms with E-state index >= 15 is 0 Å². The average Bonchev–Trinajstić information content (AvgIpc) is 2.59. The Hall–Kier alpha value is -2.63. The minimum absolute atomic E-state index is 0.242. The van der Waals surface area contributed by atoms with Gasteiger partial charge in [0.15, 0.2) is 0 Å². The maximum absolute atomic E-state index is 12.1. The molecule has 0 saturated heterocycles. The number of hydrogen-bond acceptors (Lipinski definition) is 4. The first kappa shape index (κ1) is 17.2. The van der Waals surface area contributed by atoms with Crippen molar-refractivity contribution in [3.05, 3.63) is 80.1 Å². The van der Waals surface area contributed by atoms with E-state index in [1.807, 2.05) is 0 Å². The highest BCUT2D eigenvalue weighted by molar-refractivity contribution is 6.31. The van der Waals surface area contributed by atoms with E-state index in [-0.39, 0.29) is 5.56 Å². The average molecular weight is 375 g/mol. The van der Waals surface area contributed by atoms with Gasteiger partial charge in [0.25, 0.3) is 5.91 Å². The van der Waals surface area contributed by atoms with Crippen LogP contribution in [0.15, 0.2) is 62.8 Å². The van der Waals surface area contributed by atoms with Crippen molar-refractivity contribution >= 4 is 45.8 Å². The number of hydrogen-bond donors (Lipinski definition) is 1. The lowest BCUT2D eigenvalue weighted by Crippen LogP contribution is -2.21. The largest absolute Gasteiger partial charge is 0.422 e. The highest BCUT2D eigenvalue weighted by Crippen LogP contribution is 2.19. The Bertz CT molecular complexity index is 1040. The van der Waals surface area contributed by atoms with Crippen molar-refractivity contribution in [3.63, 3.8) is 0 Å². The van der Waals surface area contributed by atoms with Gasteiger partial charge in [-0.15, -0.1) is 0 Å². The summed E-state index contributed by atoms with van der Waals surface area (Å²) in [4.78, 5) is 24.2. The summed E-state index contributed by atoms with van der Waals surface area (Å²) >= 11 is 11.7. The number of rotatable bonds is 3. The quantitative estimate of drug-likeness (QED) is 0.423. The van der Waals surface area contributed by atoms with Gasteiger partial charge in [0.1, 0.15) is 5.58 Å². The Kier molecular flexibility index (Phi) is 4.88. The highest BCUT2D eigenvalue weighted by atomic mass is 35.5. The summed E-state index contributed by atoms with van der Waals surface area (Å²) < 4.78 is 5.25. The maximum atomic E-state index is 12.1. The first-order valence-electron chi connectivity index (χ1n) is 7.28. The van der Waals surface area contributed by atoms with Crippen molar-refractivity contribution in [1.29, 1.82) is 0 Å². The SMILES string of the molecule is CC(=NNC(=O)c1ccc(Cl)cc1)c1cc2cc(Cl)ccc2oc1=O. The lowest BCUT2D eigenvalue weighted by atomic mass is 10.1. The van der Waals surface area contributed by atoms with E-state index < -0.39 is 11.5 Å². The van der Waals surface area contributed by atoms with Crippen LogP contribution >= 0.6 is 23.2 Å². The first-order chi connectivity index (χ1) is 11.9. The number of carbonyl (C=O) groups is 1. The molecule has 1 aromatic heterocycles. The molecule has 1 N–H and O–H groups in total. The second-order valence-corrected chi connectivity index (χ2v) is 6.15. The van der Waals surface area contributed by atoms with Gasteiger partial charge in [-0.3, -0.25) is 4.79 Å². The molecule has 0 aliphatic rings. The zero-order valence-corrected chi connectivity index (χ0v) is 14.6. The molecular weight excluding hydrogens is 363 g/mol. The van der Waals surface area contributed by atoms with Crippen LogP contribution in [0.2, 0.25) is 10.0 Å². The van der Waals surface area contributed by atoms with Crippen molar-refractivity contribution in [2.45, 2.75) is 6.92 Å². The number of fused-ring (bicyclic) bond motifs is 1. The number of nitrogens with zero attached hydrogens (tertiary/aromatic N) is 1. The summed E-state index contributed by atoms with van der Waals surface area (Å²) in [6.07, 6.45) is 0. The molecule has 0 atom stereocenters. The first-order valence-corrected chi connectivity index (χ1v) is 8.03. The number of carbonyl (C=O) groups excluding carboxylic acids is 1. The van der Waals surface area contributed by atoms with Crippen molar-refractivity contribution in [2.75, 3.05) is 0 Å². The molecule has 0 fully saturated rings. The summed E-state index contributed by atoms with van der Waals surface area (Å²) in [5.74, 6) is -0.413. The monoisotopic (exact) mass is 374 g/mol. The van der Waals surface area contributed by atoms with Crippen LogP contribution in [0.1, 0.15) is 22.8 Å². The Morgan fingerprint density at radius 1 is 1.04 bits per heavy atom. The van der Waals surface area contributed by atoms with Crippen LogP contribution < -0.4 is 11.1 Å². The molecule has 0 aliphatic heterocycles. The molecule has 2 aromatic carbocycles. The van der Waals surface area contributed by atoms with Crippen LogP contribution in [0.25, 0.3) is 11.0 Å². The van der Waals surface area contributed by atoms with Gasteiger partial charge in [-0.05, 0) is 55.5 Å². The molecule has 0 aliphatic carbocycles. The standard InChI is InChI=1S/C18H12Cl2N2O3/c1-10(21-22-17(23)11-2-4-13(19)5-3-11)15-9-12-8-14(20)6-7-16(12)25-18(15)24/h2-9H,1H3,(H,22,23). The van der Waals surface area contributed by atoms with Gasteiger partial charge in [0, 0.05) is 21.0 Å². The van der Waals surface area contributed by atoms with Crippen LogP contribution in [0, 0.1) is 0 Å². The molecule has 1 amide bonds. The minimum atomic E-state index is -0.545. The topological polar surface area (TPSA) is 71.7 Å². The van der Waals surface area contributed by atoms with Crippen LogP contribution in [-0.4, -0.2) is 11.6 Å². The van der Waals surface area contributed by atoms with Crippen molar-refractivity contribution in [2.24, 2.45) is 5.10 Å². The smallest absolute Gasteiger partial charge is 0.345 e. The van der Waals surface area contributed by atoms with Crippen LogP contribution in [0.5, 0.6) is 0 Å². The highest BCUT2D eigenvalue weighted by Gasteiger charge is 2.10. The molecule has 0 unspecified atom stereocenters. The molecule has 0 bridgehead atoms. The van der Waals surface area contributed by atoms with Crippen molar-refractivity contribution < 1.29 is 9.21 Å². The Morgan fingerprint density at radius 3 is 2.44 bits per heavy atom. The Morgan fingerprint density at radius 2 is 1.72 bits per heavy atom. The van der Waals surface area contributed by atoms with E-state index in [1.165, 1.54) is 0 Å². The van der Waals surface area contributed by atoms with Gasteiger partial charge in [-0.25, -0.2) is 10.2 Å². The summed E-state index contributed by atoms with van der Waals surface area (Å²) in [6, 6.07) is 12.9. The van der Waals surface area contributed by atoms with E-state index in [1.54, 1.807) is 55.5 Å². The molecule has 126 valence electrons. The molecule has 0 spiro atoms. The molecule has 5 nitrogen and oxygen atoms in total. The van der Waals surface area contributed by atoms with E-state index in [9.17, 15) is 9.59 Å². The second kappa shape index (κ2) is 7.09. The fourth-order valence-corrected chi connectivity index (χ4v) is 2.51. The Labute approximate surface area is 152 Å². The molecule has 0 saturated carbocycles. The number of benzene rings is 2. The lowest BCUT2D eigenvalue weighted by Gasteiger charge is -2.04. The van der Waals surface area contributed by atoms with Gasteiger partial charge >= 0.3 is 5.63 Å². The van der Waals surface area contributed by atoms with Gasteiger partial charge in [-0.2, -0.15) is 5.10 Å². The summed E-state index contributed by atoms with van der Waals surface area (Å²) in [6.45, 7) is 1.60. The van der Waals surface area contributed by atoms with E-state index in [4.69, 9.17) is 27.6 Å². The van der Waals surface area contributed by atoms with E-state index in [0.717, 1.165) is 0 Å². The normalized spacial score (nSPS) is 11.6. The molecule has 7 heteroatoms. The summed E-state index contributed by atoms with van der Waals surface area (Å²) in [5, 5.41) is 5.70. The van der Waals surface area contributed by atoms with Crippen molar-refractivity contribution in [1.82, 2.24) is 5.43 Å². The third-order valence-corrected chi connectivity index (χ3v) is 4.00. The van der Waals surface area contributed by atoms with Crippen LogP contribution in [0.4, 0.5) is 0 Å². The zero-order valence-electron chi connectivity index (χ0n) is 13.0. The van der Waals surface area contributed by atoms with Gasteiger partial charge < -0.3 is 4.42 Å². The molecule has 1 heterocycles. The predicted molar refractivity (Wildman–Crippen MR) is 98.6 cm³/mol. The summed E-state index contributed by atoms with van der Waals surface area (Å²) in [7, 11) is 0. The number of hydrazone groups is 1. The predicted octanol–water partition coefficient (Wildman–Crippen LogP) is 4.25. The van der Waals surface area contributed by atoms with Crippen LogP contribution in [-0.2, 0) is 0 Å². The van der Waals surface area contributed by atoms with Crippen LogP contribution in [0.3, 0.4) is 0 Å². The molecule has 3 rings (SSSR count). The number of nitrogens with one attached hydrogen (secondary N) is 1. The molecule has 25 heavy (non-hydrogen) atoms. The zero-order chi connectivity index (χ0) is 18.0. The van der Waals surface area contributed by atoms with E-state index in [0.29, 0.717) is 32.3 Å². The fourth-order valence-electron chi connectivity index (χ4n) is 2.21. The third kappa shape index (κ3) is 3.90. The van der Waals surface area contributed by atoms with E-state index in [2.05, 4.69) is 10.5 Å². The Balaban J connectivity index is 1.88. The molecule has 0 radical (unpaired) electrons. The van der Waals surface area contributed by atoms with Gasteiger partial charge in [-0.1, -0.05) is 23.2 Å². The fraction of sp³-hybridized carbons (Fsp3) is 0.0556. The molecule has 3 aromatic rings. The summed E-state index contributed by atoms with van der Waals surface area (Å²) in [5.41, 5.74) is 3.25. The lowest BCUT2D eigenvalue weighted by molar-refractivity contribution is 0.0955.